The molecule has 36 heavy (non-hydrogen) atoms. The van der Waals surface area contributed by atoms with Crippen LogP contribution < -0.4 is 0 Å². The standard InChI is InChI=1S/C20H15N2.C11H24O2.Ir/c1-13-7-8-14(2)18(11-13)20-17-10-9-15-5-3-4-6-16(15)19(17)21-12-22-20;1-10(2,3)8(12)7-9(13)11(4,5)6;/h3-5,7-12H,1-2H3;8-9,12-13H,7H2,1-6H3;/q-1;;. The molecule has 0 saturated heterocycles. The van der Waals surface area contributed by atoms with E-state index in [4.69, 9.17) is 0 Å². The van der Waals surface area contributed by atoms with Crippen molar-refractivity contribution in [3.8, 4) is 11.3 Å². The minimum atomic E-state index is -0.443. The topological polar surface area (TPSA) is 66.2 Å². The van der Waals surface area contributed by atoms with Gasteiger partial charge >= 0.3 is 0 Å². The van der Waals surface area contributed by atoms with Gasteiger partial charge < -0.3 is 10.2 Å². The van der Waals surface area contributed by atoms with Gasteiger partial charge in [-0.3, -0.25) is 4.98 Å². The molecule has 0 amide bonds. The first-order valence-corrected chi connectivity index (χ1v) is 12.3. The van der Waals surface area contributed by atoms with Crippen molar-refractivity contribution < 1.29 is 30.3 Å². The van der Waals surface area contributed by atoms with Gasteiger partial charge in [-0.05, 0) is 47.2 Å². The van der Waals surface area contributed by atoms with E-state index < -0.39 is 12.2 Å². The zero-order valence-electron chi connectivity index (χ0n) is 22.7. The van der Waals surface area contributed by atoms with Gasteiger partial charge in [0.25, 0.3) is 0 Å². The van der Waals surface area contributed by atoms with Gasteiger partial charge in [-0.15, -0.1) is 35.0 Å². The molecular weight excluding hydrogens is 625 g/mol. The van der Waals surface area contributed by atoms with Crippen LogP contribution in [0.4, 0.5) is 0 Å². The van der Waals surface area contributed by atoms with Gasteiger partial charge in [0.1, 0.15) is 6.33 Å². The van der Waals surface area contributed by atoms with Gasteiger partial charge in [-0.25, -0.2) is 4.98 Å². The van der Waals surface area contributed by atoms with E-state index in [0.717, 1.165) is 27.4 Å². The smallest absolute Gasteiger partial charge is 0.106 e. The maximum absolute atomic E-state index is 9.76. The van der Waals surface area contributed by atoms with E-state index in [9.17, 15) is 10.2 Å². The maximum atomic E-state index is 9.76. The van der Waals surface area contributed by atoms with Crippen molar-refractivity contribution in [2.45, 2.75) is 74.0 Å². The van der Waals surface area contributed by atoms with Crippen LogP contribution in [0.25, 0.3) is 32.9 Å². The summed E-state index contributed by atoms with van der Waals surface area (Å²) >= 11 is 0. The maximum Gasteiger partial charge on any atom is 0.106 e. The van der Waals surface area contributed by atoms with E-state index in [1.54, 1.807) is 6.33 Å². The fourth-order valence-corrected chi connectivity index (χ4v) is 3.84. The molecule has 5 heteroatoms. The summed E-state index contributed by atoms with van der Waals surface area (Å²) in [6, 6.07) is 20.0. The molecule has 2 atom stereocenters. The quantitative estimate of drug-likeness (QED) is 0.182. The van der Waals surface area contributed by atoms with Crippen LogP contribution in [0.5, 0.6) is 0 Å². The van der Waals surface area contributed by atoms with Gasteiger partial charge in [0, 0.05) is 32.1 Å². The van der Waals surface area contributed by atoms with Gasteiger partial charge in [-0.1, -0.05) is 71.4 Å². The molecule has 2 unspecified atom stereocenters. The molecule has 1 heterocycles. The van der Waals surface area contributed by atoms with Gasteiger partial charge in [0.2, 0.25) is 0 Å². The Balaban J connectivity index is 0.000000285. The van der Waals surface area contributed by atoms with Crippen LogP contribution in [0.2, 0.25) is 0 Å². The largest absolute Gasteiger partial charge is 0.392 e. The number of aromatic nitrogens is 2. The monoisotopic (exact) mass is 664 g/mol. The zero-order chi connectivity index (χ0) is 26.0. The van der Waals surface area contributed by atoms with Crippen molar-refractivity contribution in [3.63, 3.8) is 0 Å². The molecule has 1 radical (unpaired) electrons. The molecule has 2 N–H and O–H groups in total. The summed E-state index contributed by atoms with van der Waals surface area (Å²) in [5, 5.41) is 22.8. The van der Waals surface area contributed by atoms with Gasteiger partial charge in [0.05, 0.1) is 17.9 Å². The second-order valence-electron chi connectivity index (χ2n) is 11.6. The van der Waals surface area contributed by atoms with E-state index in [0.29, 0.717) is 6.42 Å². The Morgan fingerprint density at radius 2 is 1.50 bits per heavy atom. The predicted molar refractivity (Wildman–Crippen MR) is 146 cm³/mol. The van der Waals surface area contributed by atoms with Crippen molar-refractivity contribution in [2.75, 3.05) is 0 Å². The minimum absolute atomic E-state index is 0. The fraction of sp³-hybridized carbons (Fsp3) is 0.419. The number of rotatable bonds is 3. The van der Waals surface area contributed by atoms with E-state index in [1.807, 2.05) is 53.7 Å². The number of aryl methyl sites for hydroxylation is 2. The van der Waals surface area contributed by atoms with Crippen LogP contribution >= 0.6 is 0 Å². The first-order valence-electron chi connectivity index (χ1n) is 12.3. The zero-order valence-corrected chi connectivity index (χ0v) is 25.1. The predicted octanol–water partition coefficient (Wildman–Crippen LogP) is 7.06. The number of hydrogen-bond acceptors (Lipinski definition) is 4. The fourth-order valence-electron chi connectivity index (χ4n) is 3.84. The Morgan fingerprint density at radius 3 is 2.11 bits per heavy atom. The number of benzene rings is 3. The second-order valence-corrected chi connectivity index (χ2v) is 11.6. The van der Waals surface area contributed by atoms with Crippen molar-refractivity contribution in [1.29, 1.82) is 0 Å². The minimum Gasteiger partial charge on any atom is -0.392 e. The molecule has 0 fully saturated rings. The van der Waals surface area contributed by atoms with Crippen LogP contribution in [0.3, 0.4) is 0 Å². The van der Waals surface area contributed by atoms with E-state index in [-0.39, 0.29) is 30.9 Å². The Kier molecular flexibility index (Phi) is 9.95. The first kappa shape index (κ1) is 30.1. The Hall–Kier alpha value is -2.17. The number of nitrogens with zero attached hydrogens (tertiary/aromatic N) is 2. The Labute approximate surface area is 229 Å². The first-order chi connectivity index (χ1) is 16.3. The molecule has 0 bridgehead atoms. The third kappa shape index (κ3) is 7.20. The SMILES string of the molecule is CC(C)(C)C(O)CC(O)C(C)(C)C.Cc1ccc(C)c(-c2ncnc3c2ccc2ccc[c-]c23)c1.[Ir]. The summed E-state index contributed by atoms with van der Waals surface area (Å²) in [5.74, 6) is 0. The molecule has 195 valence electrons. The third-order valence-electron chi connectivity index (χ3n) is 6.53. The van der Waals surface area contributed by atoms with Crippen LogP contribution in [0.1, 0.15) is 59.1 Å². The average molecular weight is 664 g/mol. The molecule has 0 aliphatic rings. The van der Waals surface area contributed by atoms with E-state index in [1.165, 1.54) is 16.7 Å². The normalized spacial score (nSPS) is 13.5. The summed E-state index contributed by atoms with van der Waals surface area (Å²) in [4.78, 5) is 9.07. The summed E-state index contributed by atoms with van der Waals surface area (Å²) in [5.41, 5.74) is 5.29. The summed E-state index contributed by atoms with van der Waals surface area (Å²) in [6.45, 7) is 16.1. The molecule has 0 saturated carbocycles. The molecule has 0 aliphatic carbocycles. The van der Waals surface area contributed by atoms with Crippen LogP contribution in [0.15, 0.2) is 54.9 Å². The van der Waals surface area contributed by atoms with Gasteiger partial charge in [0.15, 0.2) is 0 Å². The van der Waals surface area contributed by atoms with E-state index in [2.05, 4.69) is 66.3 Å². The van der Waals surface area contributed by atoms with E-state index >= 15 is 0 Å². The average Bonchev–Trinajstić information content (AvgIpc) is 2.79. The number of hydrogen-bond donors (Lipinski definition) is 2. The Bertz CT molecular complexity index is 1290. The molecule has 0 aliphatic heterocycles. The summed E-state index contributed by atoms with van der Waals surface area (Å²) in [7, 11) is 0. The van der Waals surface area contributed by atoms with Crippen LogP contribution in [0, 0.1) is 30.7 Å². The molecule has 4 aromatic rings. The van der Waals surface area contributed by atoms with Crippen LogP contribution in [-0.4, -0.2) is 32.4 Å². The number of aliphatic hydroxyl groups is 2. The third-order valence-corrected chi connectivity index (χ3v) is 6.53. The van der Waals surface area contributed by atoms with Crippen molar-refractivity contribution in [3.05, 3.63) is 72.1 Å². The molecule has 3 aromatic carbocycles. The second kappa shape index (κ2) is 11.9. The van der Waals surface area contributed by atoms with Gasteiger partial charge in [-0.2, -0.15) is 0 Å². The summed E-state index contributed by atoms with van der Waals surface area (Å²) in [6.07, 6.45) is 1.22. The Morgan fingerprint density at radius 1 is 0.861 bits per heavy atom. The number of aliphatic hydroxyl groups excluding tert-OH is 2. The van der Waals surface area contributed by atoms with Crippen molar-refractivity contribution in [2.24, 2.45) is 10.8 Å². The molecule has 4 rings (SSSR count). The molecule has 4 nitrogen and oxygen atoms in total. The molecule has 1 aromatic heterocycles. The molecular formula is C31H39IrN2O2-. The molecule has 0 spiro atoms. The van der Waals surface area contributed by atoms with Crippen LogP contribution in [-0.2, 0) is 20.1 Å². The van der Waals surface area contributed by atoms with Crippen molar-refractivity contribution in [1.82, 2.24) is 9.97 Å². The van der Waals surface area contributed by atoms with Crippen molar-refractivity contribution >= 4 is 21.7 Å². The number of fused-ring (bicyclic) bond motifs is 3. The summed E-state index contributed by atoms with van der Waals surface area (Å²) < 4.78 is 0.